The fourth-order valence-corrected chi connectivity index (χ4v) is 2.79. The lowest BCUT2D eigenvalue weighted by Crippen LogP contribution is -2.17. The molecule has 1 aliphatic carbocycles. The van der Waals surface area contributed by atoms with Crippen molar-refractivity contribution in [3.8, 4) is 0 Å². The number of carbonyl (C=O) groups is 2. The van der Waals surface area contributed by atoms with E-state index in [1.165, 1.54) is 12.8 Å². The maximum Gasteiger partial charge on any atom is 0.290 e. The minimum absolute atomic E-state index is 0.355. The average molecular weight is 301 g/mol. The number of carbonyl (C=O) groups excluding carboxylic acids is 2. The van der Waals surface area contributed by atoms with Gasteiger partial charge in [0.2, 0.25) is 0 Å². The summed E-state index contributed by atoms with van der Waals surface area (Å²) >= 11 is 0.886. The van der Waals surface area contributed by atoms with E-state index in [0.717, 1.165) is 17.6 Å². The minimum atomic E-state index is -0.378. The zero-order chi connectivity index (χ0) is 14.4. The molecular formula is C13H11N5O2S. The predicted molar refractivity (Wildman–Crippen MR) is 78.7 cm³/mol. The summed E-state index contributed by atoms with van der Waals surface area (Å²) in [6.07, 6.45) is 7.32. The van der Waals surface area contributed by atoms with E-state index in [2.05, 4.69) is 20.7 Å². The highest BCUT2D eigenvalue weighted by Gasteiger charge is 2.26. The number of thioether (sulfide) groups is 1. The van der Waals surface area contributed by atoms with Crippen molar-refractivity contribution in [2.24, 2.45) is 0 Å². The highest BCUT2D eigenvalue weighted by Crippen LogP contribution is 2.28. The normalized spacial score (nSPS) is 20.3. The van der Waals surface area contributed by atoms with Gasteiger partial charge in [0.25, 0.3) is 11.1 Å². The molecule has 1 aliphatic heterocycles. The van der Waals surface area contributed by atoms with Crippen LogP contribution in [0.25, 0.3) is 11.7 Å². The van der Waals surface area contributed by atoms with Crippen molar-refractivity contribution in [2.45, 2.75) is 18.9 Å². The predicted octanol–water partition coefficient (Wildman–Crippen LogP) is 1.63. The lowest BCUT2D eigenvalue weighted by atomic mass is 10.3. The molecule has 106 valence electrons. The summed E-state index contributed by atoms with van der Waals surface area (Å²) in [6.45, 7) is 0. The van der Waals surface area contributed by atoms with Crippen molar-refractivity contribution in [1.82, 2.24) is 19.9 Å². The van der Waals surface area contributed by atoms with Crippen LogP contribution in [-0.4, -0.2) is 31.8 Å². The van der Waals surface area contributed by atoms with Crippen LogP contribution in [0.15, 0.2) is 23.4 Å². The summed E-state index contributed by atoms with van der Waals surface area (Å²) in [7, 11) is 0. The first-order valence-corrected chi connectivity index (χ1v) is 7.36. The molecule has 1 saturated carbocycles. The smallest absolute Gasteiger partial charge is 0.290 e. The largest absolute Gasteiger partial charge is 0.367 e. The highest BCUT2D eigenvalue weighted by molar-refractivity contribution is 8.18. The quantitative estimate of drug-likeness (QED) is 0.838. The zero-order valence-corrected chi connectivity index (χ0v) is 11.7. The van der Waals surface area contributed by atoms with Crippen molar-refractivity contribution < 1.29 is 9.59 Å². The van der Waals surface area contributed by atoms with Crippen molar-refractivity contribution in [1.29, 1.82) is 0 Å². The molecule has 8 heteroatoms. The molecule has 0 aromatic carbocycles. The summed E-state index contributed by atoms with van der Waals surface area (Å²) in [5.74, 6) is 0.503. The Bertz CT molecular complexity index is 793. The number of rotatable bonds is 3. The molecule has 0 spiro atoms. The number of fused-ring (bicyclic) bond motifs is 1. The zero-order valence-electron chi connectivity index (χ0n) is 10.9. The van der Waals surface area contributed by atoms with Crippen LogP contribution in [0.2, 0.25) is 0 Å². The third-order valence-corrected chi connectivity index (χ3v) is 4.10. The van der Waals surface area contributed by atoms with E-state index in [9.17, 15) is 9.59 Å². The molecule has 0 radical (unpaired) electrons. The van der Waals surface area contributed by atoms with E-state index in [4.69, 9.17) is 0 Å². The molecule has 2 amide bonds. The van der Waals surface area contributed by atoms with Gasteiger partial charge in [0.05, 0.1) is 11.1 Å². The van der Waals surface area contributed by atoms with Gasteiger partial charge in [0, 0.05) is 17.8 Å². The molecule has 0 unspecified atom stereocenters. The molecule has 0 atom stereocenters. The number of anilines is 1. The van der Waals surface area contributed by atoms with E-state index in [-0.39, 0.29) is 11.1 Å². The Hall–Kier alpha value is -2.35. The third-order valence-electron chi connectivity index (χ3n) is 3.29. The molecule has 2 aromatic rings. The number of nitrogens with one attached hydrogen (secondary N) is 2. The van der Waals surface area contributed by atoms with Gasteiger partial charge in [-0.05, 0) is 36.7 Å². The minimum Gasteiger partial charge on any atom is -0.367 e. The summed E-state index contributed by atoms with van der Waals surface area (Å²) in [4.78, 5) is 27.4. The molecular weight excluding hydrogens is 290 g/mol. The maximum absolute atomic E-state index is 11.6. The Labute approximate surface area is 123 Å². The SMILES string of the molecule is O=C1NC(=O)C(=Cc2cnn3c(NC4CC4)ccnc23)S1. The Morgan fingerprint density at radius 1 is 1.43 bits per heavy atom. The van der Waals surface area contributed by atoms with E-state index >= 15 is 0 Å². The first-order chi connectivity index (χ1) is 10.2. The van der Waals surface area contributed by atoms with Crippen molar-refractivity contribution >= 4 is 40.4 Å². The molecule has 2 fully saturated rings. The number of hydrogen-bond donors (Lipinski definition) is 2. The summed E-state index contributed by atoms with van der Waals surface area (Å²) in [5, 5.41) is 9.56. The van der Waals surface area contributed by atoms with E-state index < -0.39 is 0 Å². The lowest BCUT2D eigenvalue weighted by molar-refractivity contribution is -0.115. The molecule has 3 heterocycles. The number of hydrogen-bond acceptors (Lipinski definition) is 6. The van der Waals surface area contributed by atoms with Crippen LogP contribution < -0.4 is 10.6 Å². The fourth-order valence-electron chi connectivity index (χ4n) is 2.12. The molecule has 0 bridgehead atoms. The summed E-state index contributed by atoms with van der Waals surface area (Å²) < 4.78 is 1.71. The molecule has 7 nitrogen and oxygen atoms in total. The Morgan fingerprint density at radius 2 is 2.29 bits per heavy atom. The van der Waals surface area contributed by atoms with Gasteiger partial charge in [-0.1, -0.05) is 0 Å². The second kappa shape index (κ2) is 4.59. The Balaban J connectivity index is 1.74. The maximum atomic E-state index is 11.6. The average Bonchev–Trinajstić information content (AvgIpc) is 3.09. The van der Waals surface area contributed by atoms with Crippen LogP contribution in [0.1, 0.15) is 18.4 Å². The van der Waals surface area contributed by atoms with Gasteiger partial charge < -0.3 is 5.32 Å². The topological polar surface area (TPSA) is 88.4 Å². The second-order valence-electron chi connectivity index (χ2n) is 4.94. The number of nitrogens with zero attached hydrogens (tertiary/aromatic N) is 3. The Morgan fingerprint density at radius 3 is 3.00 bits per heavy atom. The van der Waals surface area contributed by atoms with Crippen LogP contribution in [0.5, 0.6) is 0 Å². The second-order valence-corrected chi connectivity index (χ2v) is 5.95. The van der Waals surface area contributed by atoms with Crippen molar-refractivity contribution in [2.75, 3.05) is 5.32 Å². The Kier molecular flexibility index (Phi) is 2.71. The van der Waals surface area contributed by atoms with E-state index in [1.807, 2.05) is 6.07 Å². The third kappa shape index (κ3) is 2.27. The first-order valence-electron chi connectivity index (χ1n) is 6.55. The molecule has 21 heavy (non-hydrogen) atoms. The molecule has 4 rings (SSSR count). The van der Waals surface area contributed by atoms with Crippen molar-refractivity contribution in [3.05, 3.63) is 28.9 Å². The van der Waals surface area contributed by atoms with Gasteiger partial charge in [0.1, 0.15) is 5.82 Å². The number of amides is 2. The van der Waals surface area contributed by atoms with Gasteiger partial charge in [-0.3, -0.25) is 14.9 Å². The summed E-state index contributed by atoms with van der Waals surface area (Å²) in [5.41, 5.74) is 1.36. The molecule has 2 aromatic heterocycles. The molecule has 2 aliphatic rings. The number of aromatic nitrogens is 3. The molecule has 2 N–H and O–H groups in total. The van der Waals surface area contributed by atoms with Crippen LogP contribution in [0.4, 0.5) is 10.6 Å². The monoisotopic (exact) mass is 301 g/mol. The summed E-state index contributed by atoms with van der Waals surface area (Å²) in [6, 6.07) is 2.38. The van der Waals surface area contributed by atoms with Crippen LogP contribution >= 0.6 is 11.8 Å². The molecule has 1 saturated heterocycles. The highest BCUT2D eigenvalue weighted by atomic mass is 32.2. The standard InChI is InChI=1S/C13H11N5O2S/c19-12-9(21-13(20)17-12)5-7-6-15-18-10(16-8-1-2-8)3-4-14-11(7)18/h3-6,8,16H,1-2H2,(H,17,19,20). The lowest BCUT2D eigenvalue weighted by Gasteiger charge is -2.05. The van der Waals surface area contributed by atoms with Crippen LogP contribution in [0.3, 0.4) is 0 Å². The number of imide groups is 1. The first kappa shape index (κ1) is 12.4. The van der Waals surface area contributed by atoms with Gasteiger partial charge in [-0.25, -0.2) is 4.98 Å². The van der Waals surface area contributed by atoms with Gasteiger partial charge >= 0.3 is 0 Å². The fraction of sp³-hybridized carbons (Fsp3) is 0.231. The van der Waals surface area contributed by atoms with Gasteiger partial charge in [0.15, 0.2) is 5.65 Å². The van der Waals surface area contributed by atoms with Crippen LogP contribution in [-0.2, 0) is 4.79 Å². The van der Waals surface area contributed by atoms with Gasteiger partial charge in [-0.15, -0.1) is 0 Å². The van der Waals surface area contributed by atoms with Crippen molar-refractivity contribution in [3.63, 3.8) is 0 Å². The van der Waals surface area contributed by atoms with Gasteiger partial charge in [-0.2, -0.15) is 9.61 Å². The van der Waals surface area contributed by atoms with Crippen LogP contribution in [0, 0.1) is 0 Å². The van der Waals surface area contributed by atoms with E-state index in [0.29, 0.717) is 22.2 Å². The van der Waals surface area contributed by atoms with E-state index in [1.54, 1.807) is 23.0 Å².